The van der Waals surface area contributed by atoms with E-state index in [1.54, 1.807) is 24.3 Å². The molecule has 0 aliphatic heterocycles. The van der Waals surface area contributed by atoms with Gasteiger partial charge in [-0.25, -0.2) is 8.42 Å². The van der Waals surface area contributed by atoms with Crippen molar-refractivity contribution < 1.29 is 22.7 Å². The molecular weight excluding hydrogens is 428 g/mol. The van der Waals surface area contributed by atoms with Crippen LogP contribution in [0.3, 0.4) is 0 Å². The van der Waals surface area contributed by atoms with Crippen LogP contribution in [0.2, 0.25) is 0 Å². The molecule has 1 amide bonds. The van der Waals surface area contributed by atoms with E-state index in [9.17, 15) is 18.0 Å². The monoisotopic (exact) mass is 452 g/mol. The Kier molecular flexibility index (Phi) is 7.27. The number of amides is 1. The lowest BCUT2D eigenvalue weighted by Gasteiger charge is -2.07. The first-order valence-electron chi connectivity index (χ1n) is 9.88. The van der Waals surface area contributed by atoms with Crippen molar-refractivity contribution in [3.8, 4) is 5.75 Å². The molecule has 0 saturated heterocycles. The summed E-state index contributed by atoms with van der Waals surface area (Å²) in [6.45, 7) is 2.07. The minimum absolute atomic E-state index is 0.0360. The summed E-state index contributed by atoms with van der Waals surface area (Å²) < 4.78 is 31.2. The average Bonchev–Trinajstić information content (AvgIpc) is 3.20. The van der Waals surface area contributed by atoms with Crippen LogP contribution < -0.4 is 9.46 Å². The molecular formula is C24H24N2O5S. The lowest BCUT2D eigenvalue weighted by atomic mass is 10.1. The Labute approximate surface area is 187 Å². The summed E-state index contributed by atoms with van der Waals surface area (Å²) in [7, 11) is -3.62. The minimum Gasteiger partial charge on any atom is -0.484 e. The first kappa shape index (κ1) is 23.0. The number of allylic oxidation sites excluding steroid dienone is 1. The number of ether oxygens (including phenoxy) is 1. The number of benzene rings is 2. The zero-order valence-electron chi connectivity index (χ0n) is 17.8. The molecule has 0 radical (unpaired) electrons. The summed E-state index contributed by atoms with van der Waals surface area (Å²) in [5, 5.41) is 0. The van der Waals surface area contributed by atoms with Crippen molar-refractivity contribution in [2.45, 2.75) is 13.5 Å². The van der Waals surface area contributed by atoms with Crippen molar-refractivity contribution in [2.24, 2.45) is 0 Å². The maximum Gasteiger partial charge on any atom is 0.271 e. The third kappa shape index (κ3) is 6.68. The van der Waals surface area contributed by atoms with Crippen LogP contribution in [-0.4, -0.2) is 37.5 Å². The van der Waals surface area contributed by atoms with Crippen molar-refractivity contribution >= 4 is 27.8 Å². The van der Waals surface area contributed by atoms with Crippen LogP contribution in [-0.2, 0) is 21.4 Å². The number of sulfonamides is 1. The van der Waals surface area contributed by atoms with Crippen LogP contribution in [0, 0.1) is 6.92 Å². The molecule has 7 nitrogen and oxygen atoms in total. The molecule has 0 aliphatic carbocycles. The molecule has 32 heavy (non-hydrogen) atoms. The van der Waals surface area contributed by atoms with Crippen molar-refractivity contribution in [3.63, 3.8) is 0 Å². The standard InChI is InChI=1S/C24H24N2O5S/c1-18-10-12-20(13-11-18)24(28)22-9-5-15-26(22)14-4-7-19-6-3-8-21(16-19)31-17-23(27)25-32(2,29)30/h3-13,15-16H,14,17H2,1-2H3,(H,25,27)/b7-4+. The number of carbonyl (C=O) groups excluding carboxylic acids is 2. The topological polar surface area (TPSA) is 94.5 Å². The number of carbonyl (C=O) groups is 2. The van der Waals surface area contributed by atoms with Gasteiger partial charge in [0.2, 0.25) is 15.8 Å². The number of hydrogen-bond acceptors (Lipinski definition) is 5. The highest BCUT2D eigenvalue weighted by Crippen LogP contribution is 2.16. The van der Waals surface area contributed by atoms with E-state index in [1.807, 2.05) is 71.0 Å². The largest absolute Gasteiger partial charge is 0.484 e. The number of nitrogens with one attached hydrogen (secondary N) is 1. The Bertz CT molecular complexity index is 1240. The Hall–Kier alpha value is -3.65. The number of nitrogens with zero attached hydrogens (tertiary/aromatic N) is 1. The van der Waals surface area contributed by atoms with E-state index in [0.717, 1.165) is 17.4 Å². The van der Waals surface area contributed by atoms with Crippen LogP contribution in [0.15, 0.2) is 72.9 Å². The summed E-state index contributed by atoms with van der Waals surface area (Å²) in [4.78, 5) is 24.4. The molecule has 0 atom stereocenters. The van der Waals surface area contributed by atoms with Gasteiger partial charge in [-0.3, -0.25) is 14.3 Å². The molecule has 8 heteroatoms. The summed E-state index contributed by atoms with van der Waals surface area (Å²) in [5.74, 6) is -0.343. The molecule has 1 N–H and O–H groups in total. The highest BCUT2D eigenvalue weighted by atomic mass is 32.2. The summed E-state index contributed by atoms with van der Waals surface area (Å²) in [6, 6.07) is 18.2. The van der Waals surface area contributed by atoms with Gasteiger partial charge in [0.05, 0.1) is 11.9 Å². The van der Waals surface area contributed by atoms with Gasteiger partial charge in [-0.15, -0.1) is 0 Å². The van der Waals surface area contributed by atoms with E-state index < -0.39 is 22.5 Å². The second-order valence-corrected chi connectivity index (χ2v) is 9.05. The van der Waals surface area contributed by atoms with Crippen molar-refractivity contribution in [1.29, 1.82) is 0 Å². The quantitative estimate of drug-likeness (QED) is 0.503. The van der Waals surface area contributed by atoms with Gasteiger partial charge in [-0.05, 0) is 36.8 Å². The average molecular weight is 453 g/mol. The lowest BCUT2D eigenvalue weighted by molar-refractivity contribution is -0.121. The predicted molar refractivity (Wildman–Crippen MR) is 123 cm³/mol. The molecule has 166 valence electrons. The lowest BCUT2D eigenvalue weighted by Crippen LogP contribution is -2.33. The Morgan fingerprint density at radius 2 is 1.81 bits per heavy atom. The van der Waals surface area contributed by atoms with Crippen LogP contribution in [0.5, 0.6) is 5.75 Å². The van der Waals surface area contributed by atoms with E-state index in [1.165, 1.54) is 0 Å². The van der Waals surface area contributed by atoms with Crippen LogP contribution in [0.1, 0.15) is 27.2 Å². The van der Waals surface area contributed by atoms with E-state index in [0.29, 0.717) is 23.6 Å². The fraction of sp³-hybridized carbons (Fsp3) is 0.167. The number of ketones is 1. The van der Waals surface area contributed by atoms with Crippen molar-refractivity contribution in [1.82, 2.24) is 9.29 Å². The van der Waals surface area contributed by atoms with Gasteiger partial charge < -0.3 is 9.30 Å². The van der Waals surface area contributed by atoms with Gasteiger partial charge in [-0.2, -0.15) is 0 Å². The SMILES string of the molecule is Cc1ccc(C(=O)c2cccn2C/C=C/c2cccc(OCC(=O)NS(C)(=O)=O)c2)cc1. The normalized spacial score (nSPS) is 11.4. The Morgan fingerprint density at radius 3 is 2.53 bits per heavy atom. The summed E-state index contributed by atoms with van der Waals surface area (Å²) >= 11 is 0. The zero-order chi connectivity index (χ0) is 23.1. The van der Waals surface area contributed by atoms with Crippen LogP contribution >= 0.6 is 0 Å². The Morgan fingerprint density at radius 1 is 1.06 bits per heavy atom. The van der Waals surface area contributed by atoms with Crippen LogP contribution in [0.4, 0.5) is 0 Å². The van der Waals surface area contributed by atoms with E-state index in [2.05, 4.69) is 0 Å². The molecule has 0 saturated carbocycles. The number of hydrogen-bond donors (Lipinski definition) is 1. The molecule has 0 spiro atoms. The van der Waals surface area contributed by atoms with Gasteiger partial charge in [-0.1, -0.05) is 54.1 Å². The van der Waals surface area contributed by atoms with Gasteiger partial charge in [0, 0.05) is 18.3 Å². The maximum atomic E-state index is 12.8. The smallest absolute Gasteiger partial charge is 0.271 e. The van der Waals surface area contributed by atoms with E-state index >= 15 is 0 Å². The van der Waals surface area contributed by atoms with E-state index in [-0.39, 0.29) is 5.78 Å². The zero-order valence-corrected chi connectivity index (χ0v) is 18.6. The van der Waals surface area contributed by atoms with Gasteiger partial charge >= 0.3 is 0 Å². The summed E-state index contributed by atoms with van der Waals surface area (Å²) in [5.41, 5.74) is 3.18. The summed E-state index contributed by atoms with van der Waals surface area (Å²) in [6.07, 6.45) is 6.55. The fourth-order valence-electron chi connectivity index (χ4n) is 3.03. The number of aromatic nitrogens is 1. The molecule has 0 aliphatic rings. The fourth-order valence-corrected chi connectivity index (χ4v) is 3.50. The van der Waals surface area contributed by atoms with Crippen LogP contribution in [0.25, 0.3) is 6.08 Å². The molecule has 0 fully saturated rings. The minimum atomic E-state index is -3.62. The molecule has 3 rings (SSSR count). The van der Waals surface area contributed by atoms with Gasteiger partial charge in [0.1, 0.15) is 5.75 Å². The van der Waals surface area contributed by atoms with Gasteiger partial charge in [0.15, 0.2) is 6.61 Å². The molecule has 1 aromatic heterocycles. The second-order valence-electron chi connectivity index (χ2n) is 7.30. The predicted octanol–water partition coefficient (Wildman–Crippen LogP) is 3.20. The molecule has 3 aromatic rings. The molecule has 2 aromatic carbocycles. The number of aryl methyl sites for hydroxylation is 1. The highest BCUT2D eigenvalue weighted by Gasteiger charge is 2.12. The molecule has 1 heterocycles. The van der Waals surface area contributed by atoms with Crippen molar-refractivity contribution in [2.75, 3.05) is 12.9 Å². The van der Waals surface area contributed by atoms with E-state index in [4.69, 9.17) is 4.74 Å². The third-order valence-electron chi connectivity index (χ3n) is 4.52. The molecule has 0 unspecified atom stereocenters. The van der Waals surface area contributed by atoms with Crippen molar-refractivity contribution in [3.05, 3.63) is 95.3 Å². The first-order valence-corrected chi connectivity index (χ1v) is 11.8. The Balaban J connectivity index is 1.62. The first-order chi connectivity index (χ1) is 15.2. The van der Waals surface area contributed by atoms with Gasteiger partial charge in [0.25, 0.3) is 5.91 Å². The molecule has 0 bridgehead atoms. The highest BCUT2D eigenvalue weighted by molar-refractivity contribution is 7.89. The maximum absolute atomic E-state index is 12.8. The second kappa shape index (κ2) is 10.1. The third-order valence-corrected chi connectivity index (χ3v) is 5.11. The number of rotatable bonds is 9.